The fourth-order valence-corrected chi connectivity index (χ4v) is 3.13. The summed E-state index contributed by atoms with van der Waals surface area (Å²) in [4.78, 5) is 14.2. The van der Waals surface area contributed by atoms with Crippen molar-refractivity contribution in [1.29, 1.82) is 0 Å². The predicted octanol–water partition coefficient (Wildman–Crippen LogP) is 2.86. The van der Waals surface area contributed by atoms with E-state index in [2.05, 4.69) is 17.1 Å². The van der Waals surface area contributed by atoms with Gasteiger partial charge in [-0.1, -0.05) is 19.8 Å². The Balaban J connectivity index is 1.91. The van der Waals surface area contributed by atoms with Crippen LogP contribution in [0.4, 0.5) is 15.8 Å². The lowest BCUT2D eigenvalue weighted by Crippen LogP contribution is -2.42. The van der Waals surface area contributed by atoms with Crippen LogP contribution in [0.2, 0.25) is 0 Å². The highest BCUT2D eigenvalue weighted by Gasteiger charge is 2.26. The van der Waals surface area contributed by atoms with Crippen LogP contribution in [0.5, 0.6) is 0 Å². The summed E-state index contributed by atoms with van der Waals surface area (Å²) in [6.45, 7) is 2.57. The molecule has 3 N–H and O–H groups in total. The Morgan fingerprint density at radius 3 is 2.81 bits per heavy atom. The van der Waals surface area contributed by atoms with E-state index in [4.69, 9.17) is 5.73 Å². The zero-order valence-electron chi connectivity index (χ0n) is 12.7. The van der Waals surface area contributed by atoms with Crippen LogP contribution >= 0.6 is 0 Å². The van der Waals surface area contributed by atoms with Crippen LogP contribution in [0.25, 0.3) is 0 Å². The fraction of sp³-hybridized carbons (Fsp3) is 0.562. The Labute approximate surface area is 125 Å². The Hall–Kier alpha value is -1.62. The van der Waals surface area contributed by atoms with Gasteiger partial charge >= 0.3 is 0 Å². The third-order valence-corrected chi connectivity index (χ3v) is 4.31. The molecule has 0 heterocycles. The predicted molar refractivity (Wildman–Crippen MR) is 83.5 cm³/mol. The summed E-state index contributed by atoms with van der Waals surface area (Å²) in [5, 5.41) is 2.75. The van der Waals surface area contributed by atoms with Crippen LogP contribution in [0, 0.1) is 11.7 Å². The second-order valence-electron chi connectivity index (χ2n) is 6.02. The normalized spacial score (nSPS) is 22.3. The number of nitrogens with one attached hydrogen (secondary N) is 1. The Morgan fingerprint density at radius 1 is 1.43 bits per heavy atom. The van der Waals surface area contributed by atoms with Crippen LogP contribution in [0.1, 0.15) is 32.6 Å². The monoisotopic (exact) mass is 293 g/mol. The molecular formula is C16H24FN3O. The first-order valence-electron chi connectivity index (χ1n) is 7.52. The average Bonchev–Trinajstić information content (AvgIpc) is 2.42. The molecule has 1 aliphatic rings. The van der Waals surface area contributed by atoms with E-state index < -0.39 is 5.82 Å². The van der Waals surface area contributed by atoms with Gasteiger partial charge in [0, 0.05) is 6.04 Å². The van der Waals surface area contributed by atoms with Crippen molar-refractivity contribution in [3.8, 4) is 0 Å². The molecule has 4 nitrogen and oxygen atoms in total. The second kappa shape index (κ2) is 6.89. The third-order valence-electron chi connectivity index (χ3n) is 4.31. The van der Waals surface area contributed by atoms with Crippen LogP contribution in [0.3, 0.4) is 0 Å². The highest BCUT2D eigenvalue weighted by molar-refractivity contribution is 5.95. The van der Waals surface area contributed by atoms with Gasteiger partial charge in [-0.25, -0.2) is 4.39 Å². The van der Waals surface area contributed by atoms with Crippen molar-refractivity contribution in [2.75, 3.05) is 24.6 Å². The van der Waals surface area contributed by atoms with Gasteiger partial charge in [-0.05, 0) is 44.0 Å². The molecular weight excluding hydrogens is 269 g/mol. The topological polar surface area (TPSA) is 58.4 Å². The first-order valence-corrected chi connectivity index (χ1v) is 7.52. The molecule has 5 heteroatoms. The molecule has 116 valence electrons. The van der Waals surface area contributed by atoms with E-state index in [0.29, 0.717) is 24.2 Å². The fourth-order valence-electron chi connectivity index (χ4n) is 3.13. The summed E-state index contributed by atoms with van der Waals surface area (Å²) in [6.07, 6.45) is 4.88. The highest BCUT2D eigenvalue weighted by Crippen LogP contribution is 2.27. The van der Waals surface area contributed by atoms with Crippen LogP contribution in [-0.2, 0) is 4.79 Å². The molecule has 1 amide bonds. The summed E-state index contributed by atoms with van der Waals surface area (Å²) >= 11 is 0. The van der Waals surface area contributed by atoms with Gasteiger partial charge in [0.2, 0.25) is 5.91 Å². The molecule has 0 bridgehead atoms. The van der Waals surface area contributed by atoms with Crippen molar-refractivity contribution in [2.24, 2.45) is 5.92 Å². The van der Waals surface area contributed by atoms with Gasteiger partial charge < -0.3 is 11.1 Å². The van der Waals surface area contributed by atoms with Crippen molar-refractivity contribution in [2.45, 2.75) is 38.6 Å². The maximum Gasteiger partial charge on any atom is 0.238 e. The van der Waals surface area contributed by atoms with Gasteiger partial charge in [-0.15, -0.1) is 0 Å². The number of hydrogen-bond donors (Lipinski definition) is 2. The van der Waals surface area contributed by atoms with Crippen molar-refractivity contribution >= 4 is 17.3 Å². The van der Waals surface area contributed by atoms with E-state index in [9.17, 15) is 9.18 Å². The molecule has 0 aliphatic heterocycles. The quantitative estimate of drug-likeness (QED) is 0.839. The molecule has 1 saturated carbocycles. The van der Waals surface area contributed by atoms with E-state index in [1.807, 2.05) is 7.05 Å². The second-order valence-corrected chi connectivity index (χ2v) is 6.02. The summed E-state index contributed by atoms with van der Waals surface area (Å²) in [5.41, 5.74) is 6.41. The van der Waals surface area contributed by atoms with Crippen LogP contribution in [-0.4, -0.2) is 30.4 Å². The number of rotatable bonds is 4. The minimum absolute atomic E-state index is 0.117. The lowest BCUT2D eigenvalue weighted by Gasteiger charge is -2.35. The van der Waals surface area contributed by atoms with E-state index in [-0.39, 0.29) is 11.6 Å². The van der Waals surface area contributed by atoms with Crippen LogP contribution < -0.4 is 11.1 Å². The van der Waals surface area contributed by atoms with Crippen molar-refractivity contribution in [1.82, 2.24) is 4.90 Å². The zero-order valence-corrected chi connectivity index (χ0v) is 12.7. The number of anilines is 2. The zero-order chi connectivity index (χ0) is 15.4. The van der Waals surface area contributed by atoms with Crippen molar-refractivity contribution in [3.63, 3.8) is 0 Å². The molecule has 1 aromatic rings. The number of halogens is 1. The smallest absolute Gasteiger partial charge is 0.238 e. The SMILES string of the molecule is CC1CCCCC1N(C)CC(=O)Nc1ccc(F)cc1N. The number of benzene rings is 1. The summed E-state index contributed by atoms with van der Waals surface area (Å²) < 4.78 is 13.0. The molecule has 1 aliphatic carbocycles. The third kappa shape index (κ3) is 4.17. The molecule has 21 heavy (non-hydrogen) atoms. The van der Waals surface area contributed by atoms with Gasteiger partial charge in [0.1, 0.15) is 5.82 Å². The van der Waals surface area contributed by atoms with Gasteiger partial charge in [0.25, 0.3) is 0 Å². The number of carbonyl (C=O) groups excluding carboxylic acids is 1. The lowest BCUT2D eigenvalue weighted by atomic mass is 9.85. The molecule has 2 unspecified atom stereocenters. The summed E-state index contributed by atoms with van der Waals surface area (Å²) in [5.74, 6) is 0.0969. The van der Waals surface area contributed by atoms with Crippen molar-refractivity contribution < 1.29 is 9.18 Å². The number of carbonyl (C=O) groups is 1. The summed E-state index contributed by atoms with van der Waals surface area (Å²) in [7, 11) is 1.99. The lowest BCUT2D eigenvalue weighted by molar-refractivity contribution is -0.117. The van der Waals surface area contributed by atoms with Gasteiger partial charge in [-0.2, -0.15) is 0 Å². The molecule has 0 saturated heterocycles. The molecule has 1 aromatic carbocycles. The maximum absolute atomic E-state index is 13.0. The maximum atomic E-state index is 13.0. The van der Waals surface area contributed by atoms with E-state index >= 15 is 0 Å². The average molecular weight is 293 g/mol. The number of nitrogen functional groups attached to an aromatic ring is 1. The number of nitrogens with two attached hydrogens (primary N) is 1. The minimum Gasteiger partial charge on any atom is -0.397 e. The van der Waals surface area contributed by atoms with Gasteiger partial charge in [0.05, 0.1) is 17.9 Å². The molecule has 0 aromatic heterocycles. The Kier molecular flexibility index (Phi) is 5.17. The molecule has 0 spiro atoms. The Morgan fingerprint density at radius 2 is 2.14 bits per heavy atom. The highest BCUT2D eigenvalue weighted by atomic mass is 19.1. The van der Waals surface area contributed by atoms with E-state index in [1.54, 1.807) is 0 Å². The van der Waals surface area contributed by atoms with Crippen LogP contribution in [0.15, 0.2) is 18.2 Å². The number of amides is 1. The first kappa shape index (κ1) is 15.8. The largest absolute Gasteiger partial charge is 0.397 e. The molecule has 2 atom stereocenters. The van der Waals surface area contributed by atoms with Gasteiger partial charge in [-0.3, -0.25) is 9.69 Å². The van der Waals surface area contributed by atoms with Gasteiger partial charge in [0.15, 0.2) is 0 Å². The number of likely N-dealkylation sites (N-methyl/N-ethyl adjacent to an activating group) is 1. The molecule has 2 rings (SSSR count). The summed E-state index contributed by atoms with van der Waals surface area (Å²) in [6, 6.07) is 4.45. The molecule has 0 radical (unpaired) electrons. The van der Waals surface area contributed by atoms with Crippen molar-refractivity contribution in [3.05, 3.63) is 24.0 Å². The number of hydrogen-bond acceptors (Lipinski definition) is 3. The van der Waals surface area contributed by atoms with E-state index in [1.165, 1.54) is 37.5 Å². The first-order chi connectivity index (χ1) is 9.97. The number of nitrogens with zero attached hydrogens (tertiary/aromatic N) is 1. The Bertz CT molecular complexity index is 506. The standard InChI is InChI=1S/C16H24FN3O/c1-11-5-3-4-6-15(11)20(2)10-16(21)19-14-8-7-12(17)9-13(14)18/h7-9,11,15H,3-6,10,18H2,1-2H3,(H,19,21). The molecule has 1 fully saturated rings. The van der Waals surface area contributed by atoms with E-state index in [0.717, 1.165) is 6.42 Å². The minimum atomic E-state index is -0.404.